The zero-order valence-corrected chi connectivity index (χ0v) is 8.31. The molecule has 0 N–H and O–H groups in total. The van der Waals surface area contributed by atoms with Crippen molar-refractivity contribution in [1.29, 1.82) is 0 Å². The number of Topliss-reactive ketones (excluding diaryl/α,β-unsaturated/α-hetero) is 1. The average Bonchev–Trinajstić information content (AvgIpc) is 2.34. The molecule has 0 aliphatic heterocycles. The maximum Gasteiger partial charge on any atom is 0.145 e. The number of rotatable bonds is 3. The summed E-state index contributed by atoms with van der Waals surface area (Å²) in [6, 6.07) is 0. The van der Waals surface area contributed by atoms with Crippen LogP contribution in [-0.2, 0) is 11.2 Å². The summed E-state index contributed by atoms with van der Waals surface area (Å²) in [5.41, 5.74) is 0. The van der Waals surface area contributed by atoms with Crippen LogP contribution in [0.5, 0.6) is 0 Å². The van der Waals surface area contributed by atoms with Gasteiger partial charge in [-0.05, 0) is 18.5 Å². The van der Waals surface area contributed by atoms with Gasteiger partial charge in [-0.1, -0.05) is 13.8 Å². The van der Waals surface area contributed by atoms with Crippen LogP contribution < -0.4 is 0 Å². The maximum absolute atomic E-state index is 10.7. The fourth-order valence-electron chi connectivity index (χ4n) is 0.787. The van der Waals surface area contributed by atoms with Crippen molar-refractivity contribution < 1.29 is 4.79 Å². The molecule has 0 unspecified atom stereocenters. The van der Waals surface area contributed by atoms with E-state index >= 15 is 0 Å². The first-order valence-corrected chi connectivity index (χ1v) is 4.69. The van der Waals surface area contributed by atoms with Gasteiger partial charge in [0.1, 0.15) is 16.6 Å². The Morgan fingerprint density at radius 3 is 2.67 bits per heavy atom. The molecule has 0 aliphatic carbocycles. The van der Waals surface area contributed by atoms with Crippen molar-refractivity contribution in [3.63, 3.8) is 0 Å². The molecule has 0 fully saturated rings. The molecular formula is C8H12N2OS. The highest BCUT2D eigenvalue weighted by molar-refractivity contribution is 7.05. The van der Waals surface area contributed by atoms with E-state index in [2.05, 4.69) is 9.36 Å². The normalized spacial score (nSPS) is 10.7. The summed E-state index contributed by atoms with van der Waals surface area (Å²) >= 11 is 1.32. The van der Waals surface area contributed by atoms with E-state index in [1.807, 2.05) is 13.8 Å². The lowest BCUT2D eigenvalue weighted by Gasteiger charge is -1.93. The largest absolute Gasteiger partial charge is 0.300 e. The highest BCUT2D eigenvalue weighted by Crippen LogP contribution is 2.13. The Bertz CT molecular complexity index is 280. The van der Waals surface area contributed by atoms with Gasteiger partial charge in [0.2, 0.25) is 0 Å². The molecule has 0 aromatic carbocycles. The second-order valence-electron chi connectivity index (χ2n) is 3.08. The number of nitrogens with zero attached hydrogens (tertiary/aromatic N) is 2. The molecule has 3 nitrogen and oxygen atoms in total. The Balaban J connectivity index is 2.70. The number of ketones is 1. The number of aromatic nitrogens is 2. The Morgan fingerprint density at radius 2 is 2.25 bits per heavy atom. The minimum atomic E-state index is 0.140. The molecule has 0 saturated carbocycles. The molecular weight excluding hydrogens is 172 g/mol. The molecule has 66 valence electrons. The number of carbonyl (C=O) groups excluding carboxylic acids is 1. The van der Waals surface area contributed by atoms with Crippen molar-refractivity contribution in [3.8, 4) is 0 Å². The first-order chi connectivity index (χ1) is 5.59. The SMILES string of the molecule is CC(=O)Cc1nc(C(C)C)ns1. The van der Waals surface area contributed by atoms with Gasteiger partial charge < -0.3 is 0 Å². The van der Waals surface area contributed by atoms with E-state index in [1.54, 1.807) is 6.92 Å². The van der Waals surface area contributed by atoms with Gasteiger partial charge in [0, 0.05) is 5.92 Å². The lowest BCUT2D eigenvalue weighted by atomic mass is 10.2. The Labute approximate surface area is 76.0 Å². The highest BCUT2D eigenvalue weighted by atomic mass is 32.1. The van der Waals surface area contributed by atoms with Crippen LogP contribution in [0.25, 0.3) is 0 Å². The van der Waals surface area contributed by atoms with Crippen LogP contribution in [-0.4, -0.2) is 15.1 Å². The number of carbonyl (C=O) groups is 1. The Morgan fingerprint density at radius 1 is 1.58 bits per heavy atom. The fraction of sp³-hybridized carbons (Fsp3) is 0.625. The number of hydrogen-bond acceptors (Lipinski definition) is 4. The van der Waals surface area contributed by atoms with Crippen LogP contribution in [0.2, 0.25) is 0 Å². The van der Waals surface area contributed by atoms with E-state index in [-0.39, 0.29) is 5.78 Å². The van der Waals surface area contributed by atoms with Crippen LogP contribution in [0.15, 0.2) is 0 Å². The lowest BCUT2D eigenvalue weighted by Crippen LogP contribution is -1.96. The van der Waals surface area contributed by atoms with Gasteiger partial charge in [-0.15, -0.1) is 0 Å². The second kappa shape index (κ2) is 3.76. The molecule has 0 amide bonds. The minimum Gasteiger partial charge on any atom is -0.300 e. The molecule has 1 aromatic heterocycles. The van der Waals surface area contributed by atoms with Crippen LogP contribution >= 0.6 is 11.5 Å². The van der Waals surface area contributed by atoms with E-state index in [9.17, 15) is 4.79 Å². The number of hydrogen-bond donors (Lipinski definition) is 0. The van der Waals surface area contributed by atoms with E-state index < -0.39 is 0 Å². The second-order valence-corrected chi connectivity index (χ2v) is 3.92. The summed E-state index contributed by atoms with van der Waals surface area (Å²) in [7, 11) is 0. The molecule has 0 saturated heterocycles. The van der Waals surface area contributed by atoms with Crippen molar-refractivity contribution in [1.82, 2.24) is 9.36 Å². The average molecular weight is 184 g/mol. The van der Waals surface area contributed by atoms with Gasteiger partial charge in [-0.2, -0.15) is 4.37 Å². The monoisotopic (exact) mass is 184 g/mol. The maximum atomic E-state index is 10.7. The molecule has 1 aromatic rings. The van der Waals surface area contributed by atoms with Crippen molar-refractivity contribution in [2.75, 3.05) is 0 Å². The Hall–Kier alpha value is -0.770. The van der Waals surface area contributed by atoms with Crippen LogP contribution in [0, 0.1) is 0 Å². The predicted octanol–water partition coefficient (Wildman–Crippen LogP) is 1.79. The third kappa shape index (κ3) is 2.37. The third-order valence-corrected chi connectivity index (χ3v) is 2.13. The van der Waals surface area contributed by atoms with Gasteiger partial charge in [-0.3, -0.25) is 4.79 Å². The molecule has 0 radical (unpaired) electrons. The predicted molar refractivity (Wildman–Crippen MR) is 48.4 cm³/mol. The molecule has 12 heavy (non-hydrogen) atoms. The van der Waals surface area contributed by atoms with Gasteiger partial charge in [0.15, 0.2) is 0 Å². The van der Waals surface area contributed by atoms with Crippen LogP contribution in [0.3, 0.4) is 0 Å². The summed E-state index contributed by atoms with van der Waals surface area (Å²) < 4.78 is 4.15. The first-order valence-electron chi connectivity index (χ1n) is 3.91. The fourth-order valence-corrected chi connectivity index (χ4v) is 1.64. The molecule has 0 aliphatic rings. The van der Waals surface area contributed by atoms with E-state index in [1.165, 1.54) is 11.5 Å². The van der Waals surface area contributed by atoms with Gasteiger partial charge >= 0.3 is 0 Å². The molecule has 1 rings (SSSR count). The van der Waals surface area contributed by atoms with Crippen molar-refractivity contribution >= 4 is 17.3 Å². The molecule has 1 heterocycles. The smallest absolute Gasteiger partial charge is 0.145 e. The zero-order valence-electron chi connectivity index (χ0n) is 7.50. The summed E-state index contributed by atoms with van der Waals surface area (Å²) in [4.78, 5) is 15.0. The van der Waals surface area contributed by atoms with Crippen LogP contribution in [0.4, 0.5) is 0 Å². The summed E-state index contributed by atoms with van der Waals surface area (Å²) in [5, 5.41) is 0.825. The molecule has 4 heteroatoms. The summed E-state index contributed by atoms with van der Waals surface area (Å²) in [6.45, 7) is 5.65. The van der Waals surface area contributed by atoms with E-state index in [0.717, 1.165) is 10.8 Å². The summed E-state index contributed by atoms with van der Waals surface area (Å²) in [5.74, 6) is 1.33. The van der Waals surface area contributed by atoms with Gasteiger partial charge in [0.05, 0.1) is 6.42 Å². The van der Waals surface area contributed by atoms with Crippen molar-refractivity contribution in [3.05, 3.63) is 10.8 Å². The standard InChI is InChI=1S/C8H12N2OS/c1-5(2)8-9-7(12-10-8)4-6(3)11/h5H,4H2,1-3H3. The topological polar surface area (TPSA) is 42.9 Å². The highest BCUT2D eigenvalue weighted by Gasteiger charge is 2.08. The van der Waals surface area contributed by atoms with Crippen molar-refractivity contribution in [2.45, 2.75) is 33.1 Å². The first kappa shape index (κ1) is 9.32. The summed E-state index contributed by atoms with van der Waals surface area (Å²) in [6.07, 6.45) is 0.421. The molecule has 0 bridgehead atoms. The lowest BCUT2D eigenvalue weighted by molar-refractivity contribution is -0.116. The third-order valence-electron chi connectivity index (χ3n) is 1.40. The zero-order chi connectivity index (χ0) is 9.14. The van der Waals surface area contributed by atoms with Crippen LogP contribution in [0.1, 0.15) is 37.5 Å². The minimum absolute atomic E-state index is 0.140. The quantitative estimate of drug-likeness (QED) is 0.719. The Kier molecular flexibility index (Phi) is 2.92. The van der Waals surface area contributed by atoms with E-state index in [0.29, 0.717) is 12.3 Å². The van der Waals surface area contributed by atoms with Gasteiger partial charge in [0.25, 0.3) is 0 Å². The molecule has 0 atom stereocenters. The van der Waals surface area contributed by atoms with E-state index in [4.69, 9.17) is 0 Å². The molecule has 0 spiro atoms. The van der Waals surface area contributed by atoms with Crippen molar-refractivity contribution in [2.24, 2.45) is 0 Å². The van der Waals surface area contributed by atoms with Gasteiger partial charge in [-0.25, -0.2) is 4.98 Å².